The van der Waals surface area contributed by atoms with Gasteiger partial charge in [0.05, 0.1) is 28.1 Å². The monoisotopic (exact) mass is 453 g/mol. The summed E-state index contributed by atoms with van der Waals surface area (Å²) in [7, 11) is 0. The number of esters is 1. The molecule has 1 aliphatic heterocycles. The second-order valence-corrected chi connectivity index (χ2v) is 9.52. The molecule has 5 nitrogen and oxygen atoms in total. The number of hydrogen-bond donors (Lipinski definition) is 0. The molecule has 2 bridgehead atoms. The van der Waals surface area contributed by atoms with Crippen molar-refractivity contribution in [1.29, 1.82) is 0 Å². The Balaban J connectivity index is 1.23. The minimum atomic E-state index is -0.592. The zero-order valence-electron chi connectivity index (χ0n) is 16.2. The largest absolute Gasteiger partial charge is 0.421 e. The molecule has 2 saturated carbocycles. The minimum absolute atomic E-state index is 0.122. The Morgan fingerprint density at radius 1 is 0.903 bits per heavy atom. The molecule has 7 rings (SSSR count). The number of anilines is 1. The summed E-state index contributed by atoms with van der Waals surface area (Å²) >= 11 is 11.9. The van der Waals surface area contributed by atoms with Crippen molar-refractivity contribution in [2.75, 3.05) is 4.90 Å². The third-order valence-corrected chi connectivity index (χ3v) is 7.65. The van der Waals surface area contributed by atoms with Gasteiger partial charge in [0.25, 0.3) is 0 Å². The Morgan fingerprint density at radius 2 is 1.52 bits per heavy atom. The van der Waals surface area contributed by atoms with Gasteiger partial charge >= 0.3 is 5.97 Å². The van der Waals surface area contributed by atoms with Crippen molar-refractivity contribution in [1.82, 2.24) is 0 Å². The summed E-state index contributed by atoms with van der Waals surface area (Å²) in [4.78, 5) is 40.2. The van der Waals surface area contributed by atoms with Crippen molar-refractivity contribution in [2.24, 2.45) is 35.5 Å². The quantitative estimate of drug-likeness (QED) is 0.290. The van der Waals surface area contributed by atoms with Gasteiger partial charge in [-0.05, 0) is 72.6 Å². The normalized spacial score (nSPS) is 32.1. The third kappa shape index (κ3) is 2.80. The van der Waals surface area contributed by atoms with Crippen molar-refractivity contribution in [2.45, 2.75) is 6.42 Å². The number of allylic oxidation sites excluding steroid dienone is 2. The molecule has 0 aromatic heterocycles. The van der Waals surface area contributed by atoms with Gasteiger partial charge in [-0.25, -0.2) is 4.79 Å². The number of rotatable bonds is 3. The smallest absolute Gasteiger partial charge is 0.343 e. The lowest BCUT2D eigenvalue weighted by atomic mass is 9.63. The predicted molar refractivity (Wildman–Crippen MR) is 115 cm³/mol. The number of nitrogens with zero attached hydrogens (tertiary/aromatic N) is 1. The van der Waals surface area contributed by atoms with Crippen molar-refractivity contribution < 1.29 is 19.1 Å². The highest BCUT2D eigenvalue weighted by Crippen LogP contribution is 2.65. The number of imide groups is 1. The van der Waals surface area contributed by atoms with E-state index in [0.717, 1.165) is 6.42 Å². The van der Waals surface area contributed by atoms with E-state index in [4.69, 9.17) is 27.9 Å². The maximum Gasteiger partial charge on any atom is 0.343 e. The summed E-state index contributed by atoms with van der Waals surface area (Å²) in [5.74, 6) is 0.354. The molecule has 1 heterocycles. The van der Waals surface area contributed by atoms with E-state index in [1.807, 2.05) is 0 Å². The molecule has 4 aliphatic carbocycles. The molecule has 2 aromatic carbocycles. The number of carbonyl (C=O) groups is 3. The SMILES string of the molecule is O=C(Oc1ccc(Cl)cc1Cl)c1ccc(N2C(=O)[C@@H]3[C@H]4C=C[C@@H]([C@@H]5C[C@H]45)[C@@H]3C2=O)cc1. The Bertz CT molecular complexity index is 1140. The number of benzene rings is 2. The van der Waals surface area contributed by atoms with E-state index >= 15 is 0 Å². The lowest BCUT2D eigenvalue weighted by molar-refractivity contribution is -0.124. The van der Waals surface area contributed by atoms with Gasteiger partial charge in [-0.1, -0.05) is 35.4 Å². The Kier molecular flexibility index (Phi) is 4.11. The van der Waals surface area contributed by atoms with E-state index in [9.17, 15) is 14.4 Å². The van der Waals surface area contributed by atoms with E-state index in [1.54, 1.807) is 30.3 Å². The molecule has 31 heavy (non-hydrogen) atoms. The third-order valence-electron chi connectivity index (χ3n) is 7.12. The molecule has 0 N–H and O–H groups in total. The molecule has 2 amide bonds. The fourth-order valence-corrected chi connectivity index (χ4v) is 6.12. The van der Waals surface area contributed by atoms with Crippen LogP contribution >= 0.6 is 23.2 Å². The van der Waals surface area contributed by atoms with Gasteiger partial charge in [0.2, 0.25) is 11.8 Å². The van der Waals surface area contributed by atoms with E-state index in [1.165, 1.54) is 17.0 Å². The topological polar surface area (TPSA) is 63.7 Å². The molecule has 0 unspecified atom stereocenters. The standard InChI is InChI=1S/C24H17Cl2NO4/c25-12-3-8-19(18(26)9-12)31-24(30)11-1-4-13(5-2-11)27-22(28)20-14-6-7-15(17-10-16(14)17)21(20)23(27)29/h1-9,14-17,20-21H,10H2/t14-,15-,16-,17+,20-,21+/m0/s1. The zero-order chi connectivity index (χ0) is 21.4. The molecule has 156 valence electrons. The lowest BCUT2D eigenvalue weighted by Crippen LogP contribution is -2.40. The summed E-state index contributed by atoms with van der Waals surface area (Å²) in [6, 6.07) is 10.9. The van der Waals surface area contributed by atoms with Crippen LogP contribution in [-0.2, 0) is 9.59 Å². The molecule has 2 aromatic rings. The number of ether oxygens (including phenoxy) is 1. The first kappa shape index (κ1) is 19.1. The molecule has 1 saturated heterocycles. The fraction of sp³-hybridized carbons (Fsp3) is 0.292. The van der Waals surface area contributed by atoms with Crippen molar-refractivity contribution in [3.8, 4) is 5.75 Å². The first-order valence-corrected chi connectivity index (χ1v) is 11.0. The van der Waals surface area contributed by atoms with E-state index < -0.39 is 5.97 Å². The van der Waals surface area contributed by atoms with Gasteiger partial charge in [-0.15, -0.1) is 0 Å². The number of amides is 2. The van der Waals surface area contributed by atoms with E-state index in [0.29, 0.717) is 22.5 Å². The summed E-state index contributed by atoms with van der Waals surface area (Å²) < 4.78 is 5.34. The highest BCUT2D eigenvalue weighted by atomic mass is 35.5. The Morgan fingerprint density at radius 3 is 2.10 bits per heavy atom. The van der Waals surface area contributed by atoms with Crippen LogP contribution in [0.1, 0.15) is 16.8 Å². The van der Waals surface area contributed by atoms with Crippen LogP contribution in [0.4, 0.5) is 5.69 Å². The van der Waals surface area contributed by atoms with Crippen LogP contribution in [-0.4, -0.2) is 17.8 Å². The predicted octanol–water partition coefficient (Wildman–Crippen LogP) is 4.77. The van der Waals surface area contributed by atoms with Crippen LogP contribution in [0.2, 0.25) is 10.0 Å². The maximum absolute atomic E-state index is 13.2. The zero-order valence-corrected chi connectivity index (χ0v) is 17.7. The average Bonchev–Trinajstić information content (AvgIpc) is 3.54. The van der Waals surface area contributed by atoms with Crippen LogP contribution in [0, 0.1) is 35.5 Å². The highest BCUT2D eigenvalue weighted by Gasteiger charge is 2.67. The van der Waals surface area contributed by atoms with Gasteiger partial charge in [0, 0.05) is 5.02 Å². The summed E-state index contributed by atoms with van der Waals surface area (Å²) in [5, 5.41) is 0.672. The molecule has 3 fully saturated rings. The van der Waals surface area contributed by atoms with Crippen LogP contribution in [0.3, 0.4) is 0 Å². The molecule has 7 heteroatoms. The Hall–Kier alpha value is -2.63. The van der Waals surface area contributed by atoms with Gasteiger partial charge in [-0.3, -0.25) is 14.5 Å². The van der Waals surface area contributed by atoms with Gasteiger partial charge in [0.15, 0.2) is 0 Å². The molecule has 6 atom stereocenters. The van der Waals surface area contributed by atoms with Crippen molar-refractivity contribution in [3.63, 3.8) is 0 Å². The Labute approximate surface area is 188 Å². The second-order valence-electron chi connectivity index (χ2n) is 8.68. The number of halogens is 2. The first-order valence-electron chi connectivity index (χ1n) is 10.3. The highest BCUT2D eigenvalue weighted by molar-refractivity contribution is 6.35. The summed E-state index contributed by atoms with van der Waals surface area (Å²) in [6.45, 7) is 0. The average molecular weight is 454 g/mol. The van der Waals surface area contributed by atoms with Crippen molar-refractivity contribution in [3.05, 3.63) is 70.2 Å². The molecular formula is C24H17Cl2NO4. The second kappa shape index (κ2) is 6.68. The van der Waals surface area contributed by atoms with Crippen LogP contribution in [0.5, 0.6) is 5.75 Å². The maximum atomic E-state index is 13.2. The van der Waals surface area contributed by atoms with Crippen LogP contribution in [0.15, 0.2) is 54.6 Å². The molecule has 5 aliphatic rings. The van der Waals surface area contributed by atoms with Gasteiger partial charge in [0.1, 0.15) is 5.75 Å². The van der Waals surface area contributed by atoms with E-state index in [-0.39, 0.29) is 51.8 Å². The molecular weight excluding hydrogens is 437 g/mol. The van der Waals surface area contributed by atoms with Gasteiger partial charge in [-0.2, -0.15) is 0 Å². The number of carbonyl (C=O) groups excluding carboxylic acids is 3. The van der Waals surface area contributed by atoms with Crippen molar-refractivity contribution >= 4 is 46.7 Å². The first-order chi connectivity index (χ1) is 14.9. The minimum Gasteiger partial charge on any atom is -0.421 e. The lowest BCUT2D eigenvalue weighted by Gasteiger charge is -2.37. The van der Waals surface area contributed by atoms with E-state index in [2.05, 4.69) is 12.2 Å². The molecule has 0 radical (unpaired) electrons. The summed E-state index contributed by atoms with van der Waals surface area (Å²) in [5.41, 5.74) is 0.771. The van der Waals surface area contributed by atoms with Crippen LogP contribution < -0.4 is 9.64 Å². The van der Waals surface area contributed by atoms with Gasteiger partial charge < -0.3 is 4.74 Å². The van der Waals surface area contributed by atoms with Crippen LogP contribution in [0.25, 0.3) is 0 Å². The fourth-order valence-electron chi connectivity index (χ4n) is 5.67. The number of hydrogen-bond acceptors (Lipinski definition) is 4. The summed E-state index contributed by atoms with van der Waals surface area (Å²) in [6.07, 6.45) is 5.43. The molecule has 0 spiro atoms.